The molecule has 0 saturated carbocycles. The van der Waals surface area contributed by atoms with E-state index in [0.29, 0.717) is 17.3 Å². The Morgan fingerprint density at radius 2 is 1.78 bits per heavy atom. The largest absolute Gasteiger partial charge is 0.441 e. The molecule has 5 heteroatoms. The van der Waals surface area contributed by atoms with Gasteiger partial charge in [-0.3, -0.25) is 4.79 Å². The topological polar surface area (TPSA) is 55.1 Å². The van der Waals surface area contributed by atoms with Gasteiger partial charge in [0.25, 0.3) is 5.91 Å². The van der Waals surface area contributed by atoms with Crippen LogP contribution < -0.4 is 5.32 Å². The van der Waals surface area contributed by atoms with Gasteiger partial charge < -0.3 is 9.73 Å². The zero-order valence-corrected chi connectivity index (χ0v) is 13.7. The van der Waals surface area contributed by atoms with Gasteiger partial charge in [0.05, 0.1) is 5.69 Å². The first-order valence-corrected chi connectivity index (χ1v) is 8.38. The van der Waals surface area contributed by atoms with Crippen LogP contribution in [-0.4, -0.2) is 17.1 Å². The Hall–Kier alpha value is -2.53. The highest BCUT2D eigenvalue weighted by Gasteiger charge is 2.18. The molecule has 0 spiro atoms. The summed E-state index contributed by atoms with van der Waals surface area (Å²) in [5.74, 6) is 0.685. The summed E-state index contributed by atoms with van der Waals surface area (Å²) >= 11 is 1.58. The maximum Gasteiger partial charge on any atom is 0.277 e. The second-order valence-electron chi connectivity index (χ2n) is 4.94. The van der Waals surface area contributed by atoms with Gasteiger partial charge in [0.1, 0.15) is 5.76 Å². The summed E-state index contributed by atoms with van der Waals surface area (Å²) in [5.41, 5.74) is 1.92. The van der Waals surface area contributed by atoms with Crippen LogP contribution in [0, 0.1) is 6.92 Å². The zero-order valence-electron chi connectivity index (χ0n) is 12.9. The fraction of sp³-hybridized carbons (Fsp3) is 0.111. The van der Waals surface area contributed by atoms with Crippen molar-refractivity contribution in [2.45, 2.75) is 11.8 Å². The first-order valence-electron chi connectivity index (χ1n) is 7.16. The molecule has 1 heterocycles. The molecule has 0 unspecified atom stereocenters. The van der Waals surface area contributed by atoms with Crippen LogP contribution in [0.25, 0.3) is 11.5 Å². The molecule has 1 N–H and O–H groups in total. The highest BCUT2D eigenvalue weighted by atomic mass is 32.2. The molecule has 23 heavy (non-hydrogen) atoms. The van der Waals surface area contributed by atoms with Gasteiger partial charge in [0, 0.05) is 10.5 Å². The Morgan fingerprint density at radius 1 is 1.09 bits per heavy atom. The molecule has 116 valence electrons. The van der Waals surface area contributed by atoms with Crippen LogP contribution in [0.3, 0.4) is 0 Å². The Bertz CT molecular complexity index is 828. The third kappa shape index (κ3) is 3.29. The lowest BCUT2D eigenvalue weighted by Gasteiger charge is -2.07. The van der Waals surface area contributed by atoms with Crippen molar-refractivity contribution in [2.24, 2.45) is 0 Å². The SMILES string of the molecule is CSc1ccccc1NC(=O)c1nc(-c2ccccc2)oc1C. The standard InChI is InChI=1S/C18H16N2O2S/c1-12-16(20-18(22-12)13-8-4-3-5-9-13)17(21)19-14-10-6-7-11-15(14)23-2/h3-11H,1-2H3,(H,19,21). The molecule has 0 saturated heterocycles. The Balaban J connectivity index is 1.87. The first kappa shape index (κ1) is 15.4. The van der Waals surface area contributed by atoms with E-state index in [9.17, 15) is 4.79 Å². The van der Waals surface area contributed by atoms with E-state index in [-0.39, 0.29) is 5.91 Å². The van der Waals surface area contributed by atoms with Gasteiger partial charge in [0.15, 0.2) is 5.69 Å². The van der Waals surface area contributed by atoms with E-state index >= 15 is 0 Å². The van der Waals surface area contributed by atoms with Gasteiger partial charge in [-0.25, -0.2) is 4.98 Å². The maximum atomic E-state index is 12.5. The number of aryl methyl sites for hydroxylation is 1. The number of hydrogen-bond acceptors (Lipinski definition) is 4. The lowest BCUT2D eigenvalue weighted by Crippen LogP contribution is -2.14. The van der Waals surface area contributed by atoms with E-state index in [4.69, 9.17) is 4.42 Å². The van der Waals surface area contributed by atoms with Gasteiger partial charge in [-0.2, -0.15) is 0 Å². The molecule has 0 aliphatic rings. The Labute approximate surface area is 138 Å². The molecular weight excluding hydrogens is 308 g/mol. The van der Waals surface area contributed by atoms with E-state index in [2.05, 4.69) is 10.3 Å². The molecule has 1 amide bonds. The van der Waals surface area contributed by atoms with E-state index in [1.54, 1.807) is 18.7 Å². The summed E-state index contributed by atoms with van der Waals surface area (Å²) in [5, 5.41) is 2.90. The third-order valence-corrected chi connectivity index (χ3v) is 4.18. The highest BCUT2D eigenvalue weighted by molar-refractivity contribution is 7.98. The minimum atomic E-state index is -0.269. The molecule has 4 nitrogen and oxygen atoms in total. The predicted molar refractivity (Wildman–Crippen MR) is 92.9 cm³/mol. The average molecular weight is 324 g/mol. The number of oxazole rings is 1. The zero-order chi connectivity index (χ0) is 16.2. The first-order chi connectivity index (χ1) is 11.2. The summed E-state index contributed by atoms with van der Waals surface area (Å²) in [6, 6.07) is 17.2. The fourth-order valence-corrected chi connectivity index (χ4v) is 2.79. The van der Waals surface area contributed by atoms with Crippen molar-refractivity contribution in [2.75, 3.05) is 11.6 Å². The second-order valence-corrected chi connectivity index (χ2v) is 5.79. The summed E-state index contributed by atoms with van der Waals surface area (Å²) < 4.78 is 5.64. The molecular formula is C18H16N2O2S. The van der Waals surface area contributed by atoms with Crippen LogP contribution in [0.5, 0.6) is 0 Å². The predicted octanol–water partition coefficient (Wildman–Crippen LogP) is 4.62. The van der Waals surface area contributed by atoms with Gasteiger partial charge in [-0.15, -0.1) is 11.8 Å². The Kier molecular flexibility index (Phi) is 4.48. The molecule has 0 bridgehead atoms. The van der Waals surface area contributed by atoms with Crippen LogP contribution in [0.15, 0.2) is 63.9 Å². The van der Waals surface area contributed by atoms with Crippen LogP contribution in [0.1, 0.15) is 16.2 Å². The van der Waals surface area contributed by atoms with E-state index < -0.39 is 0 Å². The summed E-state index contributed by atoms with van der Waals surface area (Å²) in [4.78, 5) is 17.9. The number of anilines is 1. The third-order valence-electron chi connectivity index (χ3n) is 3.39. The normalized spacial score (nSPS) is 10.5. The van der Waals surface area contributed by atoms with Crippen LogP contribution in [0.2, 0.25) is 0 Å². The molecule has 0 fully saturated rings. The Morgan fingerprint density at radius 3 is 2.52 bits per heavy atom. The van der Waals surface area contributed by atoms with Crippen LogP contribution >= 0.6 is 11.8 Å². The molecule has 2 aromatic carbocycles. The number of amides is 1. The molecule has 0 radical (unpaired) electrons. The number of rotatable bonds is 4. The molecule has 0 atom stereocenters. The minimum absolute atomic E-state index is 0.269. The number of thioether (sulfide) groups is 1. The van der Waals surface area contributed by atoms with Crippen LogP contribution in [-0.2, 0) is 0 Å². The molecule has 3 aromatic rings. The van der Waals surface area contributed by atoms with E-state index in [0.717, 1.165) is 16.1 Å². The number of para-hydroxylation sites is 1. The maximum absolute atomic E-state index is 12.5. The van der Waals surface area contributed by atoms with Gasteiger partial charge >= 0.3 is 0 Å². The number of carbonyl (C=O) groups excluding carboxylic acids is 1. The van der Waals surface area contributed by atoms with Crippen LogP contribution in [0.4, 0.5) is 5.69 Å². The smallest absolute Gasteiger partial charge is 0.277 e. The molecule has 1 aromatic heterocycles. The molecule has 0 aliphatic heterocycles. The summed E-state index contributed by atoms with van der Waals surface area (Å²) in [6.07, 6.45) is 1.97. The number of benzene rings is 2. The summed E-state index contributed by atoms with van der Waals surface area (Å²) in [7, 11) is 0. The number of nitrogens with one attached hydrogen (secondary N) is 1. The summed E-state index contributed by atoms with van der Waals surface area (Å²) in [6.45, 7) is 1.74. The van der Waals surface area contributed by atoms with Gasteiger partial charge in [0.2, 0.25) is 5.89 Å². The number of carbonyl (C=O) groups is 1. The number of hydrogen-bond donors (Lipinski definition) is 1. The van der Waals surface area contributed by atoms with Crippen molar-refractivity contribution in [3.05, 3.63) is 66.1 Å². The molecule has 0 aliphatic carbocycles. The number of nitrogens with zero attached hydrogens (tertiary/aromatic N) is 1. The minimum Gasteiger partial charge on any atom is -0.441 e. The van der Waals surface area contributed by atoms with Crippen molar-refractivity contribution in [3.63, 3.8) is 0 Å². The monoisotopic (exact) mass is 324 g/mol. The lowest BCUT2D eigenvalue weighted by atomic mass is 10.2. The second kappa shape index (κ2) is 6.71. The van der Waals surface area contributed by atoms with Crippen molar-refractivity contribution >= 4 is 23.4 Å². The van der Waals surface area contributed by atoms with E-state index in [1.807, 2.05) is 60.9 Å². The van der Waals surface area contributed by atoms with Crippen molar-refractivity contribution < 1.29 is 9.21 Å². The van der Waals surface area contributed by atoms with Crippen molar-refractivity contribution in [1.29, 1.82) is 0 Å². The van der Waals surface area contributed by atoms with Crippen molar-refractivity contribution in [3.8, 4) is 11.5 Å². The number of aromatic nitrogens is 1. The lowest BCUT2D eigenvalue weighted by molar-refractivity contribution is 0.102. The average Bonchev–Trinajstić information content (AvgIpc) is 2.98. The van der Waals surface area contributed by atoms with E-state index in [1.165, 1.54) is 0 Å². The van der Waals surface area contributed by atoms with Gasteiger partial charge in [-0.05, 0) is 37.4 Å². The molecule has 3 rings (SSSR count). The highest BCUT2D eigenvalue weighted by Crippen LogP contribution is 2.26. The fourth-order valence-electron chi connectivity index (χ4n) is 2.24. The van der Waals surface area contributed by atoms with Gasteiger partial charge in [-0.1, -0.05) is 30.3 Å². The quantitative estimate of drug-likeness (QED) is 0.711. The van der Waals surface area contributed by atoms with Crippen molar-refractivity contribution in [1.82, 2.24) is 4.98 Å².